The highest BCUT2D eigenvalue weighted by molar-refractivity contribution is 5.89. The Balaban J connectivity index is 1.46. The van der Waals surface area contributed by atoms with Crippen LogP contribution in [0.15, 0.2) is 97.2 Å². The number of rotatable bonds is 3. The number of anilines is 2. The maximum absolute atomic E-state index is 10.5. The van der Waals surface area contributed by atoms with E-state index in [1.807, 2.05) is 24.4 Å². The Hall–Kier alpha value is -4.37. The molecule has 0 spiro atoms. The van der Waals surface area contributed by atoms with Crippen LogP contribution in [0.5, 0.6) is 5.75 Å². The number of phenolic OH excluding ortho intramolecular Hbond substituents is 1. The number of phenols is 1. The highest BCUT2D eigenvalue weighted by Crippen LogP contribution is 2.45. The van der Waals surface area contributed by atoms with Crippen molar-refractivity contribution in [3.63, 3.8) is 0 Å². The fraction of sp³-hybridized carbons (Fsp3) is 0.256. The summed E-state index contributed by atoms with van der Waals surface area (Å²) in [4.78, 5) is 7.17. The minimum Gasteiger partial charge on any atom is -0.508 e. The summed E-state index contributed by atoms with van der Waals surface area (Å²) in [6, 6.07) is 32.1. The van der Waals surface area contributed by atoms with E-state index >= 15 is 0 Å². The molecule has 3 heteroatoms. The Morgan fingerprint density at radius 1 is 0.643 bits per heavy atom. The molecule has 0 amide bonds. The quantitative estimate of drug-likeness (QED) is 0.242. The summed E-state index contributed by atoms with van der Waals surface area (Å²) < 4.78 is 0. The highest BCUT2D eigenvalue weighted by Gasteiger charge is 2.26. The molecule has 5 aromatic rings. The molecule has 6 rings (SSSR count). The minimum atomic E-state index is 0.0530. The molecule has 0 aliphatic carbocycles. The largest absolute Gasteiger partial charge is 0.508 e. The first-order valence-electron chi connectivity index (χ1n) is 14.8. The van der Waals surface area contributed by atoms with Crippen LogP contribution in [0.4, 0.5) is 11.5 Å². The normalized spacial score (nSPS) is 13.1. The summed E-state index contributed by atoms with van der Waals surface area (Å²) in [7, 11) is 0. The third-order valence-corrected chi connectivity index (χ3v) is 8.45. The molecule has 0 fully saturated rings. The van der Waals surface area contributed by atoms with Gasteiger partial charge in [-0.25, -0.2) is 4.98 Å². The highest BCUT2D eigenvalue weighted by atomic mass is 16.3. The molecular weight excluding hydrogens is 512 g/mol. The lowest BCUT2D eigenvalue weighted by Gasteiger charge is -2.33. The number of aromatic hydroxyl groups is 1. The van der Waals surface area contributed by atoms with E-state index in [9.17, 15) is 5.11 Å². The van der Waals surface area contributed by atoms with E-state index in [2.05, 4.69) is 120 Å². The Labute approximate surface area is 250 Å². The molecule has 0 saturated carbocycles. The second kappa shape index (κ2) is 10.2. The predicted molar refractivity (Wildman–Crippen MR) is 177 cm³/mol. The van der Waals surface area contributed by atoms with Gasteiger partial charge in [0.25, 0.3) is 0 Å². The summed E-state index contributed by atoms with van der Waals surface area (Å²) in [5.74, 6) is 1.13. The molecule has 1 N–H and O–H groups in total. The molecule has 42 heavy (non-hydrogen) atoms. The molecule has 2 heterocycles. The zero-order valence-corrected chi connectivity index (χ0v) is 25.8. The van der Waals surface area contributed by atoms with Crippen molar-refractivity contribution >= 4 is 11.5 Å². The second-order valence-electron chi connectivity index (χ2n) is 13.7. The van der Waals surface area contributed by atoms with Gasteiger partial charge in [0.1, 0.15) is 11.6 Å². The first-order chi connectivity index (χ1) is 19.9. The van der Waals surface area contributed by atoms with Gasteiger partial charge < -0.3 is 10.0 Å². The van der Waals surface area contributed by atoms with Crippen molar-refractivity contribution in [1.82, 2.24) is 4.98 Å². The molecule has 0 unspecified atom stereocenters. The standard InChI is InChI=1S/C39H40N2O/c1-25-17-37(40-23-35(25)26-11-9-8-10-12-26)41-24-29-18-27(13-15-33(29)34-16-14-32(42)22-36(34)41)28-19-30(38(2,3)4)21-31(20-28)39(5,6)7/h8-23,42H,24H2,1-7H3. The Morgan fingerprint density at radius 2 is 1.31 bits per heavy atom. The van der Waals surface area contributed by atoms with Gasteiger partial charge in [-0.3, -0.25) is 0 Å². The monoisotopic (exact) mass is 552 g/mol. The van der Waals surface area contributed by atoms with Gasteiger partial charge in [0, 0.05) is 23.4 Å². The molecule has 3 nitrogen and oxygen atoms in total. The summed E-state index contributed by atoms with van der Waals surface area (Å²) in [6.45, 7) is 16.5. The van der Waals surface area contributed by atoms with Crippen LogP contribution in [0.1, 0.15) is 63.8 Å². The summed E-state index contributed by atoms with van der Waals surface area (Å²) in [6.07, 6.45) is 1.97. The van der Waals surface area contributed by atoms with Crippen LogP contribution in [0.25, 0.3) is 33.4 Å². The van der Waals surface area contributed by atoms with Gasteiger partial charge >= 0.3 is 0 Å². The van der Waals surface area contributed by atoms with E-state index in [0.717, 1.165) is 28.2 Å². The lowest BCUT2D eigenvalue weighted by Crippen LogP contribution is -2.22. The number of aryl methyl sites for hydroxylation is 1. The van der Waals surface area contributed by atoms with Gasteiger partial charge in [-0.1, -0.05) is 102 Å². The fourth-order valence-electron chi connectivity index (χ4n) is 5.87. The Morgan fingerprint density at radius 3 is 1.95 bits per heavy atom. The number of aromatic nitrogens is 1. The zero-order chi connectivity index (χ0) is 29.8. The third kappa shape index (κ3) is 5.20. The van der Waals surface area contributed by atoms with Gasteiger partial charge in [-0.15, -0.1) is 0 Å². The van der Waals surface area contributed by atoms with Crippen molar-refractivity contribution in [2.75, 3.05) is 4.90 Å². The van der Waals surface area contributed by atoms with Crippen molar-refractivity contribution in [1.29, 1.82) is 0 Å². The van der Waals surface area contributed by atoms with Gasteiger partial charge in [-0.2, -0.15) is 0 Å². The second-order valence-corrected chi connectivity index (χ2v) is 13.7. The van der Waals surface area contributed by atoms with E-state index < -0.39 is 0 Å². The smallest absolute Gasteiger partial charge is 0.133 e. The third-order valence-electron chi connectivity index (χ3n) is 8.45. The average molecular weight is 553 g/mol. The molecule has 1 aromatic heterocycles. The lowest BCUT2D eigenvalue weighted by atomic mass is 9.78. The number of fused-ring (bicyclic) bond motifs is 3. The van der Waals surface area contributed by atoms with E-state index in [1.165, 1.54) is 38.9 Å². The van der Waals surface area contributed by atoms with Gasteiger partial charge in [0.2, 0.25) is 0 Å². The molecule has 0 saturated heterocycles. The average Bonchev–Trinajstić information content (AvgIpc) is 2.95. The SMILES string of the molecule is Cc1cc(N2Cc3cc(-c4cc(C(C)(C)C)cc(C(C)(C)C)c4)ccc3-c3ccc(O)cc32)ncc1-c1ccccc1. The maximum Gasteiger partial charge on any atom is 0.133 e. The first kappa shape index (κ1) is 27.8. The van der Waals surface area contributed by atoms with E-state index in [1.54, 1.807) is 6.07 Å². The number of hydrogen-bond acceptors (Lipinski definition) is 3. The Bertz CT molecular complexity index is 1760. The van der Waals surface area contributed by atoms with Crippen LogP contribution in [0.3, 0.4) is 0 Å². The molecule has 212 valence electrons. The summed E-state index contributed by atoms with van der Waals surface area (Å²) in [5, 5.41) is 10.5. The molecule has 1 aliphatic rings. The van der Waals surface area contributed by atoms with Crippen LogP contribution in [0, 0.1) is 6.92 Å². The molecule has 0 bridgehead atoms. The van der Waals surface area contributed by atoms with E-state index in [-0.39, 0.29) is 16.6 Å². The number of pyridine rings is 1. The summed E-state index contributed by atoms with van der Waals surface area (Å²) >= 11 is 0. The van der Waals surface area contributed by atoms with Crippen LogP contribution >= 0.6 is 0 Å². The maximum atomic E-state index is 10.5. The fourth-order valence-corrected chi connectivity index (χ4v) is 5.87. The van der Waals surface area contributed by atoms with Crippen molar-refractivity contribution < 1.29 is 5.11 Å². The first-order valence-corrected chi connectivity index (χ1v) is 14.8. The Kier molecular flexibility index (Phi) is 6.73. The molecule has 1 aliphatic heterocycles. The van der Waals surface area contributed by atoms with Gasteiger partial charge in [-0.05, 0) is 86.5 Å². The molecule has 4 aromatic carbocycles. The van der Waals surface area contributed by atoms with Crippen LogP contribution in [-0.2, 0) is 17.4 Å². The lowest BCUT2D eigenvalue weighted by molar-refractivity contribution is 0.475. The van der Waals surface area contributed by atoms with Crippen molar-refractivity contribution in [3.8, 4) is 39.1 Å². The minimum absolute atomic E-state index is 0.0530. The summed E-state index contributed by atoms with van der Waals surface area (Å²) in [5.41, 5.74) is 13.3. The topological polar surface area (TPSA) is 36.4 Å². The molecule has 0 atom stereocenters. The van der Waals surface area contributed by atoms with Crippen molar-refractivity contribution in [2.45, 2.75) is 65.8 Å². The predicted octanol–water partition coefficient (Wildman–Crippen LogP) is 10.3. The number of nitrogens with zero attached hydrogens (tertiary/aromatic N) is 2. The number of benzene rings is 4. The van der Waals surface area contributed by atoms with Crippen molar-refractivity contribution in [3.05, 3.63) is 119 Å². The van der Waals surface area contributed by atoms with Crippen LogP contribution in [0.2, 0.25) is 0 Å². The van der Waals surface area contributed by atoms with Crippen LogP contribution < -0.4 is 4.90 Å². The van der Waals surface area contributed by atoms with Crippen LogP contribution in [-0.4, -0.2) is 10.1 Å². The number of hydrogen-bond donors (Lipinski definition) is 1. The zero-order valence-electron chi connectivity index (χ0n) is 25.8. The van der Waals surface area contributed by atoms with Crippen molar-refractivity contribution in [2.24, 2.45) is 0 Å². The van der Waals surface area contributed by atoms with Gasteiger partial charge in [0.15, 0.2) is 0 Å². The van der Waals surface area contributed by atoms with E-state index in [4.69, 9.17) is 4.98 Å². The molecular formula is C39H40N2O. The van der Waals surface area contributed by atoms with Gasteiger partial charge in [0.05, 0.1) is 12.2 Å². The molecule has 0 radical (unpaired) electrons. The van der Waals surface area contributed by atoms with E-state index in [0.29, 0.717) is 6.54 Å².